The molecule has 0 saturated carbocycles. The van der Waals surface area contributed by atoms with Gasteiger partial charge in [0.25, 0.3) is 0 Å². The average molecular weight is 392 g/mol. The third-order valence-electron chi connectivity index (χ3n) is 3.65. The number of hydrogen-bond acceptors (Lipinski definition) is 5. The lowest BCUT2D eigenvalue weighted by molar-refractivity contribution is -0.107. The number of hydrogen-bond donors (Lipinski definition) is 1. The molecule has 0 radical (unpaired) electrons. The Balaban J connectivity index is 2.03. The highest BCUT2D eigenvalue weighted by atomic mass is 32.2. The molecule has 0 aromatic heterocycles. The second kappa shape index (κ2) is 8.77. The number of thioether (sulfide) groups is 2. The van der Waals surface area contributed by atoms with Crippen LogP contribution >= 0.6 is 31.1 Å². The standard InChI is InChI=1S/C15H22NO3PS3/c1-20-13-11-12(7-8-14(13)22-15(20)21-2)23(18,19)16-9-5-3-4-6-10-17/h7-8,10-11,16,20H,3-6,9H2,1-2H3. The molecule has 23 heavy (non-hydrogen) atoms. The first kappa shape index (κ1) is 19.1. The van der Waals surface area contributed by atoms with E-state index in [1.165, 1.54) is 14.2 Å². The molecule has 4 nitrogen and oxygen atoms in total. The lowest BCUT2D eigenvalue weighted by atomic mass is 10.2. The third kappa shape index (κ3) is 4.89. The van der Waals surface area contributed by atoms with Crippen molar-refractivity contribution in [2.45, 2.75) is 35.5 Å². The van der Waals surface area contributed by atoms with E-state index >= 15 is 0 Å². The molecular weight excluding hydrogens is 369 g/mol. The summed E-state index contributed by atoms with van der Waals surface area (Å²) in [4.78, 5) is 11.8. The van der Waals surface area contributed by atoms with Crippen molar-refractivity contribution in [3.63, 3.8) is 0 Å². The zero-order chi connectivity index (χ0) is 16.9. The van der Waals surface area contributed by atoms with E-state index in [-0.39, 0.29) is 0 Å². The summed E-state index contributed by atoms with van der Waals surface area (Å²) in [6, 6.07) is 5.46. The maximum atomic E-state index is 12.4. The van der Waals surface area contributed by atoms with E-state index in [0.717, 1.165) is 25.5 Å². The fourth-order valence-electron chi connectivity index (χ4n) is 2.36. The number of aldehydes is 1. The first-order valence-corrected chi connectivity index (χ1v) is 13.0. The Hall–Kier alpha value is -0.200. The largest absolute Gasteiger partial charge is 0.303 e. The predicted molar refractivity (Wildman–Crippen MR) is 104 cm³/mol. The van der Waals surface area contributed by atoms with E-state index in [2.05, 4.69) is 17.6 Å². The van der Waals surface area contributed by atoms with Gasteiger partial charge in [0.15, 0.2) is 0 Å². The molecular formula is C15H22NO3PS3. The summed E-state index contributed by atoms with van der Waals surface area (Å²) in [7, 11) is -4.25. The minimum atomic E-state index is -3.45. The average Bonchev–Trinajstić information content (AvgIpc) is 2.86. The van der Waals surface area contributed by atoms with Gasteiger partial charge in [-0.3, -0.25) is 0 Å². The topological polar surface area (TPSA) is 63.2 Å². The molecule has 0 bridgehead atoms. The van der Waals surface area contributed by atoms with Gasteiger partial charge in [-0.05, 0) is 49.3 Å². The van der Waals surface area contributed by atoms with Gasteiger partial charge in [-0.2, -0.15) is 0 Å². The number of fused-ring (bicyclic) bond motifs is 1. The van der Waals surface area contributed by atoms with Gasteiger partial charge < -0.3 is 4.79 Å². The van der Waals surface area contributed by atoms with E-state index in [4.69, 9.17) is 0 Å². The number of unbranched alkanes of at least 4 members (excludes halogenated alkanes) is 3. The molecule has 1 unspecified atom stereocenters. The summed E-state index contributed by atoms with van der Waals surface area (Å²) in [5, 5.41) is 1.19. The maximum absolute atomic E-state index is 12.4. The first-order chi connectivity index (χ1) is 11.0. The Bertz CT molecular complexity index is 717. The Morgan fingerprint density at radius 3 is 2.78 bits per heavy atom. The fourth-order valence-corrected chi connectivity index (χ4v) is 9.15. The minimum Gasteiger partial charge on any atom is -0.303 e. The summed E-state index contributed by atoms with van der Waals surface area (Å²) in [6.07, 6.45) is 5.95. The van der Waals surface area contributed by atoms with E-state index < -0.39 is 17.6 Å². The summed E-state index contributed by atoms with van der Waals surface area (Å²) >= 11 is 3.54. The van der Waals surface area contributed by atoms with Crippen molar-refractivity contribution in [1.82, 2.24) is 4.72 Å². The normalized spacial score (nSPS) is 17.3. The van der Waals surface area contributed by atoms with Crippen LogP contribution in [0.25, 0.3) is 0 Å². The summed E-state index contributed by atoms with van der Waals surface area (Å²) in [6.45, 7) is 2.63. The highest BCUT2D eigenvalue weighted by Gasteiger charge is 2.21. The molecule has 1 aliphatic heterocycles. The van der Waals surface area contributed by atoms with Crippen molar-refractivity contribution < 1.29 is 13.2 Å². The van der Waals surface area contributed by atoms with Gasteiger partial charge in [-0.25, -0.2) is 13.1 Å². The monoisotopic (exact) mass is 391 g/mol. The van der Waals surface area contributed by atoms with Crippen LogP contribution in [0, 0.1) is 0 Å². The molecule has 0 amide bonds. The number of sulfonamides is 1. The number of benzene rings is 1. The van der Waals surface area contributed by atoms with Crippen LogP contribution in [0.5, 0.6) is 0 Å². The fraction of sp³-hybridized carbons (Fsp3) is 0.467. The van der Waals surface area contributed by atoms with Gasteiger partial charge >= 0.3 is 0 Å². The maximum Gasteiger partial charge on any atom is 0.240 e. The van der Waals surface area contributed by atoms with Crippen molar-refractivity contribution in [2.24, 2.45) is 0 Å². The zero-order valence-electron chi connectivity index (χ0n) is 13.3. The molecule has 0 aliphatic carbocycles. The highest BCUT2D eigenvalue weighted by molar-refractivity contribution is 8.46. The number of nitrogens with one attached hydrogen (secondary N) is 1. The predicted octanol–water partition coefficient (Wildman–Crippen LogP) is 2.75. The van der Waals surface area contributed by atoms with Crippen LogP contribution < -0.4 is 10.0 Å². The molecule has 2 rings (SSSR count). The Kier molecular flexibility index (Phi) is 7.29. The second-order valence-electron chi connectivity index (χ2n) is 5.29. The molecule has 8 heteroatoms. The van der Waals surface area contributed by atoms with Crippen LogP contribution in [0.4, 0.5) is 0 Å². The second-order valence-corrected chi connectivity index (χ2v) is 12.2. The van der Waals surface area contributed by atoms with E-state index in [0.29, 0.717) is 17.9 Å². The lowest BCUT2D eigenvalue weighted by Gasteiger charge is -2.09. The molecule has 1 aliphatic rings. The first-order valence-electron chi connectivity index (χ1n) is 7.50. The molecule has 1 aromatic carbocycles. The van der Waals surface area contributed by atoms with Gasteiger partial charge in [0.1, 0.15) is 6.29 Å². The molecule has 1 N–H and O–H groups in total. The molecule has 0 fully saturated rings. The van der Waals surface area contributed by atoms with Crippen molar-refractivity contribution in [3.8, 4) is 0 Å². The van der Waals surface area contributed by atoms with Crippen molar-refractivity contribution in [3.05, 3.63) is 18.2 Å². The van der Waals surface area contributed by atoms with Crippen LogP contribution in [0.3, 0.4) is 0 Å². The molecule has 128 valence electrons. The highest BCUT2D eigenvalue weighted by Crippen LogP contribution is 2.43. The van der Waals surface area contributed by atoms with Crippen molar-refractivity contribution in [1.29, 1.82) is 0 Å². The Morgan fingerprint density at radius 1 is 1.30 bits per heavy atom. The molecule has 0 spiro atoms. The van der Waals surface area contributed by atoms with Gasteiger partial charge in [0.2, 0.25) is 10.0 Å². The molecule has 0 saturated heterocycles. The van der Waals surface area contributed by atoms with Gasteiger partial charge in [0, 0.05) is 21.8 Å². The van der Waals surface area contributed by atoms with Gasteiger partial charge in [0.05, 0.1) is 4.90 Å². The quantitative estimate of drug-likeness (QED) is 0.398. The van der Waals surface area contributed by atoms with Crippen molar-refractivity contribution >= 4 is 56.6 Å². The number of carbonyl (C=O) groups excluding carboxylic acids is 1. The smallest absolute Gasteiger partial charge is 0.240 e. The minimum absolute atomic E-state index is 0.358. The molecule has 1 aromatic rings. The lowest BCUT2D eigenvalue weighted by Crippen LogP contribution is -2.25. The van der Waals surface area contributed by atoms with Crippen molar-refractivity contribution in [2.75, 3.05) is 19.5 Å². The molecule has 1 atom stereocenters. The van der Waals surface area contributed by atoms with E-state index in [9.17, 15) is 13.2 Å². The van der Waals surface area contributed by atoms with Crippen LogP contribution in [-0.2, 0) is 14.8 Å². The summed E-state index contributed by atoms with van der Waals surface area (Å²) in [5.41, 5.74) is 0. The third-order valence-corrected chi connectivity index (χ3v) is 11.8. The van der Waals surface area contributed by atoms with Gasteiger partial charge in [-0.15, -0.1) is 11.8 Å². The van der Waals surface area contributed by atoms with E-state index in [1.807, 2.05) is 12.1 Å². The van der Waals surface area contributed by atoms with Crippen LogP contribution in [0.15, 0.2) is 28.0 Å². The van der Waals surface area contributed by atoms with E-state index in [1.54, 1.807) is 29.6 Å². The van der Waals surface area contributed by atoms with Gasteiger partial charge in [-0.1, -0.05) is 25.7 Å². The Morgan fingerprint density at radius 2 is 2.09 bits per heavy atom. The Labute approximate surface area is 147 Å². The zero-order valence-corrected chi connectivity index (χ0v) is 16.7. The SMILES string of the molecule is CSC1=[PH](C)c2cc(S(=O)(=O)NCCCCCC=O)ccc2S1. The number of carbonyl (C=O) groups is 1. The number of rotatable bonds is 9. The molecule has 1 heterocycles. The van der Waals surface area contributed by atoms with Crippen LogP contribution in [-0.4, -0.2) is 38.1 Å². The van der Waals surface area contributed by atoms with Crippen LogP contribution in [0.1, 0.15) is 25.7 Å². The summed E-state index contributed by atoms with van der Waals surface area (Å²) in [5.74, 6) is 0. The van der Waals surface area contributed by atoms with Crippen LogP contribution in [0.2, 0.25) is 0 Å². The summed E-state index contributed by atoms with van der Waals surface area (Å²) < 4.78 is 28.9.